The number of tetrazole rings is 1. The molecule has 0 aliphatic rings. The first kappa shape index (κ1) is 22.8. The highest BCUT2D eigenvalue weighted by Gasteiger charge is 2.17. The first-order valence-electron chi connectivity index (χ1n) is 10.9. The van der Waals surface area contributed by atoms with Gasteiger partial charge < -0.3 is 15.8 Å². The molecule has 4 rings (SSSR count). The van der Waals surface area contributed by atoms with Gasteiger partial charge >= 0.3 is 6.09 Å². The van der Waals surface area contributed by atoms with Gasteiger partial charge in [0.15, 0.2) is 5.82 Å². The van der Waals surface area contributed by atoms with Crippen molar-refractivity contribution in [2.75, 3.05) is 5.73 Å². The maximum atomic E-state index is 12.7. The van der Waals surface area contributed by atoms with Crippen LogP contribution in [0.1, 0.15) is 49.7 Å². The Kier molecular flexibility index (Phi) is 6.48. The molecule has 34 heavy (non-hydrogen) atoms. The van der Waals surface area contributed by atoms with Gasteiger partial charge in [-0.15, -0.1) is 5.10 Å². The fourth-order valence-corrected chi connectivity index (χ4v) is 3.38. The lowest BCUT2D eigenvalue weighted by Crippen LogP contribution is -2.29. The van der Waals surface area contributed by atoms with Gasteiger partial charge in [0.05, 0.1) is 11.7 Å². The van der Waals surface area contributed by atoms with E-state index in [1.165, 1.54) is 0 Å². The second-order valence-electron chi connectivity index (χ2n) is 8.32. The number of nitrogens with one attached hydrogen (secondary N) is 1. The summed E-state index contributed by atoms with van der Waals surface area (Å²) in [5.41, 5.74) is 9.92. The number of carbonyl (C=O) groups is 1. The van der Waals surface area contributed by atoms with E-state index >= 15 is 0 Å². The Morgan fingerprint density at radius 1 is 1.03 bits per heavy atom. The number of carbonyl (C=O) groups excluding carboxylic acids is 1. The summed E-state index contributed by atoms with van der Waals surface area (Å²) >= 11 is 0. The van der Waals surface area contributed by atoms with Gasteiger partial charge in [-0.25, -0.2) is 14.8 Å². The standard InChI is InChI=1S/C24H26N8O2/c1-14(2)22-29-30-31-32(22)20-9-18(17-7-5-15(3)6-8-17)10-21(11-20)34-24(33)28-16(4)19-12-26-23(25)27-13-19/h5-14,16H,1-4H3,(H,28,33)(H2,25,26,27). The van der Waals surface area contributed by atoms with Crippen LogP contribution in [0.3, 0.4) is 0 Å². The van der Waals surface area contributed by atoms with Crippen molar-refractivity contribution >= 4 is 12.0 Å². The summed E-state index contributed by atoms with van der Waals surface area (Å²) in [6, 6.07) is 13.2. The number of amides is 1. The van der Waals surface area contributed by atoms with Crippen LogP contribution in [0.25, 0.3) is 16.8 Å². The Hall–Kier alpha value is -4.34. The van der Waals surface area contributed by atoms with Crippen molar-refractivity contribution in [1.29, 1.82) is 0 Å². The lowest BCUT2D eigenvalue weighted by atomic mass is 10.0. The molecule has 4 aromatic rings. The molecule has 0 radical (unpaired) electrons. The zero-order valence-electron chi connectivity index (χ0n) is 19.4. The number of aromatic nitrogens is 6. The molecule has 10 nitrogen and oxygen atoms in total. The predicted octanol–water partition coefficient (Wildman–Crippen LogP) is 3.98. The number of hydrogen-bond donors (Lipinski definition) is 2. The molecular weight excluding hydrogens is 432 g/mol. The van der Waals surface area contributed by atoms with Crippen molar-refractivity contribution in [1.82, 2.24) is 35.5 Å². The van der Waals surface area contributed by atoms with E-state index in [1.54, 1.807) is 30.1 Å². The first-order chi connectivity index (χ1) is 16.3. The van der Waals surface area contributed by atoms with Gasteiger partial charge in [0.1, 0.15) is 5.75 Å². The zero-order chi connectivity index (χ0) is 24.2. The Balaban J connectivity index is 1.64. The molecule has 0 saturated carbocycles. The molecule has 3 N–H and O–H groups in total. The van der Waals surface area contributed by atoms with Crippen molar-refractivity contribution in [2.24, 2.45) is 0 Å². The molecule has 2 aromatic heterocycles. The van der Waals surface area contributed by atoms with Crippen LogP contribution < -0.4 is 15.8 Å². The number of ether oxygens (including phenoxy) is 1. The fourth-order valence-electron chi connectivity index (χ4n) is 3.38. The van der Waals surface area contributed by atoms with Gasteiger partial charge in [-0.05, 0) is 47.5 Å². The smallest absolute Gasteiger partial charge is 0.410 e. The minimum Gasteiger partial charge on any atom is -0.410 e. The van der Waals surface area contributed by atoms with Gasteiger partial charge in [-0.3, -0.25) is 0 Å². The van der Waals surface area contributed by atoms with Gasteiger partial charge in [0, 0.05) is 29.9 Å². The summed E-state index contributed by atoms with van der Waals surface area (Å²) in [6.07, 6.45) is 2.51. The predicted molar refractivity (Wildman–Crippen MR) is 127 cm³/mol. The summed E-state index contributed by atoms with van der Waals surface area (Å²) in [4.78, 5) is 20.6. The Morgan fingerprint density at radius 2 is 1.74 bits per heavy atom. The molecule has 0 saturated heterocycles. The van der Waals surface area contributed by atoms with E-state index in [9.17, 15) is 4.79 Å². The number of hydrogen-bond acceptors (Lipinski definition) is 8. The third kappa shape index (κ3) is 5.17. The van der Waals surface area contributed by atoms with E-state index in [2.05, 4.69) is 30.8 Å². The second-order valence-corrected chi connectivity index (χ2v) is 8.32. The molecule has 0 spiro atoms. The van der Waals surface area contributed by atoms with Crippen LogP contribution in [-0.2, 0) is 0 Å². The van der Waals surface area contributed by atoms with Crippen molar-refractivity contribution in [2.45, 2.75) is 39.7 Å². The molecular formula is C24H26N8O2. The maximum Gasteiger partial charge on any atom is 0.413 e. The number of nitrogens with zero attached hydrogens (tertiary/aromatic N) is 6. The van der Waals surface area contributed by atoms with Gasteiger partial charge in [-0.1, -0.05) is 43.7 Å². The molecule has 0 bridgehead atoms. The number of benzene rings is 2. The Labute approximate surface area is 197 Å². The topological polar surface area (TPSA) is 134 Å². The highest BCUT2D eigenvalue weighted by molar-refractivity contribution is 5.74. The number of anilines is 1. The van der Waals surface area contributed by atoms with Crippen LogP contribution in [0.5, 0.6) is 5.75 Å². The summed E-state index contributed by atoms with van der Waals surface area (Å²) in [6.45, 7) is 7.86. The third-order valence-corrected chi connectivity index (χ3v) is 5.27. The van der Waals surface area contributed by atoms with Crippen molar-refractivity contribution in [3.8, 4) is 22.6 Å². The lowest BCUT2D eigenvalue weighted by molar-refractivity contribution is 0.197. The molecule has 2 aromatic carbocycles. The van der Waals surface area contributed by atoms with E-state index in [1.807, 2.05) is 57.2 Å². The van der Waals surface area contributed by atoms with E-state index in [4.69, 9.17) is 10.5 Å². The zero-order valence-corrected chi connectivity index (χ0v) is 19.4. The van der Waals surface area contributed by atoms with Crippen LogP contribution in [0.15, 0.2) is 54.9 Å². The number of nitrogens with two attached hydrogens (primary N) is 1. The van der Waals surface area contributed by atoms with E-state index in [-0.39, 0.29) is 17.9 Å². The molecule has 10 heteroatoms. The molecule has 0 fully saturated rings. The van der Waals surface area contributed by atoms with E-state index < -0.39 is 6.09 Å². The Morgan fingerprint density at radius 3 is 2.41 bits per heavy atom. The van der Waals surface area contributed by atoms with Gasteiger partial charge in [0.2, 0.25) is 5.95 Å². The highest BCUT2D eigenvalue weighted by Crippen LogP contribution is 2.29. The highest BCUT2D eigenvalue weighted by atomic mass is 16.6. The summed E-state index contributed by atoms with van der Waals surface area (Å²) in [5, 5.41) is 14.9. The van der Waals surface area contributed by atoms with Gasteiger partial charge in [-0.2, -0.15) is 4.68 Å². The molecule has 1 unspecified atom stereocenters. The van der Waals surface area contributed by atoms with Crippen molar-refractivity contribution in [3.05, 3.63) is 71.8 Å². The summed E-state index contributed by atoms with van der Waals surface area (Å²) in [7, 11) is 0. The van der Waals surface area contributed by atoms with E-state index in [0.29, 0.717) is 22.8 Å². The molecule has 1 amide bonds. The molecule has 174 valence electrons. The number of nitrogen functional groups attached to an aromatic ring is 1. The lowest BCUT2D eigenvalue weighted by Gasteiger charge is -2.15. The third-order valence-electron chi connectivity index (χ3n) is 5.27. The average molecular weight is 459 g/mol. The molecule has 1 atom stereocenters. The van der Waals surface area contributed by atoms with Crippen LogP contribution >= 0.6 is 0 Å². The van der Waals surface area contributed by atoms with Crippen LogP contribution in [0.4, 0.5) is 10.7 Å². The number of aryl methyl sites for hydroxylation is 1. The first-order valence-corrected chi connectivity index (χ1v) is 10.9. The summed E-state index contributed by atoms with van der Waals surface area (Å²) in [5.74, 6) is 1.33. The minimum absolute atomic E-state index is 0.105. The van der Waals surface area contributed by atoms with Gasteiger partial charge in [0.25, 0.3) is 0 Å². The van der Waals surface area contributed by atoms with Crippen LogP contribution in [-0.4, -0.2) is 36.3 Å². The van der Waals surface area contributed by atoms with Crippen LogP contribution in [0, 0.1) is 6.92 Å². The van der Waals surface area contributed by atoms with E-state index in [0.717, 1.165) is 16.7 Å². The molecule has 2 heterocycles. The van der Waals surface area contributed by atoms with Crippen molar-refractivity contribution in [3.63, 3.8) is 0 Å². The number of rotatable bonds is 6. The van der Waals surface area contributed by atoms with Crippen molar-refractivity contribution < 1.29 is 9.53 Å². The Bertz CT molecular complexity index is 1280. The second kappa shape index (κ2) is 9.65. The fraction of sp³-hybridized carbons (Fsp3) is 0.250. The average Bonchev–Trinajstić information content (AvgIpc) is 3.30. The maximum absolute atomic E-state index is 12.7. The molecule has 0 aliphatic heterocycles. The monoisotopic (exact) mass is 458 g/mol. The van der Waals surface area contributed by atoms with Crippen LogP contribution in [0.2, 0.25) is 0 Å². The quantitative estimate of drug-likeness (QED) is 0.443. The summed E-state index contributed by atoms with van der Waals surface area (Å²) < 4.78 is 7.31. The normalized spacial score (nSPS) is 11.9. The largest absolute Gasteiger partial charge is 0.413 e. The molecule has 0 aliphatic carbocycles. The SMILES string of the molecule is Cc1ccc(-c2cc(OC(=O)NC(C)c3cnc(N)nc3)cc(-n3nnnc3C(C)C)c2)cc1. The minimum atomic E-state index is -0.614.